The molecule has 0 fully saturated rings. The zero-order chi connectivity index (χ0) is 14.1. The van der Waals surface area contributed by atoms with Crippen molar-refractivity contribution in [1.29, 1.82) is 0 Å². The van der Waals surface area contributed by atoms with Gasteiger partial charge in [0.1, 0.15) is 0 Å². The summed E-state index contributed by atoms with van der Waals surface area (Å²) in [5.41, 5.74) is 4.93. The fourth-order valence-electron chi connectivity index (χ4n) is 1.65. The van der Waals surface area contributed by atoms with E-state index in [0.29, 0.717) is 6.42 Å². The molecule has 0 rings (SSSR count). The third-order valence-electron chi connectivity index (χ3n) is 3.26. The van der Waals surface area contributed by atoms with Crippen LogP contribution in [0.2, 0.25) is 0 Å². The van der Waals surface area contributed by atoms with E-state index in [2.05, 4.69) is 0 Å². The predicted molar refractivity (Wildman–Crippen MR) is 72.7 cm³/mol. The number of carbonyl (C=O) groups excluding carboxylic acids is 1. The third-order valence-corrected chi connectivity index (χ3v) is 3.26. The van der Waals surface area contributed by atoms with Crippen LogP contribution in [0.15, 0.2) is 24.3 Å². The molecule has 0 unspecified atom stereocenters. The topological polar surface area (TPSA) is 83.6 Å². The van der Waals surface area contributed by atoms with Crippen LogP contribution in [0.4, 0.5) is 0 Å². The molecular weight excluding hydrogens is 230 g/mol. The number of primary amides is 1. The number of allylic oxidation sites excluding steroid dienone is 2. The van der Waals surface area contributed by atoms with E-state index in [-0.39, 0.29) is 11.8 Å². The van der Waals surface area contributed by atoms with Crippen LogP contribution in [-0.4, -0.2) is 28.3 Å². The lowest BCUT2D eigenvalue weighted by molar-refractivity contribution is -0.113. The number of aliphatic hydroxyl groups excluding tert-OH is 2. The third kappa shape index (κ3) is 6.57. The number of nitrogens with two attached hydrogens (primary N) is 1. The quantitative estimate of drug-likeness (QED) is 0.452. The lowest BCUT2D eigenvalue weighted by Gasteiger charge is -2.27. The van der Waals surface area contributed by atoms with Gasteiger partial charge in [0.05, 0.1) is 12.2 Å². The Kier molecular flexibility index (Phi) is 8.33. The van der Waals surface area contributed by atoms with Crippen LogP contribution in [0.5, 0.6) is 0 Å². The van der Waals surface area contributed by atoms with Crippen LogP contribution in [0.1, 0.15) is 33.6 Å². The number of hydrogen-bond donors (Lipinski definition) is 3. The van der Waals surface area contributed by atoms with Crippen LogP contribution < -0.4 is 5.73 Å². The molecule has 104 valence electrons. The minimum Gasteiger partial charge on any atom is -0.392 e. The van der Waals surface area contributed by atoms with Crippen molar-refractivity contribution < 1.29 is 15.0 Å². The van der Waals surface area contributed by atoms with Crippen LogP contribution >= 0.6 is 0 Å². The molecule has 0 aliphatic carbocycles. The predicted octanol–water partition coefficient (Wildman–Crippen LogP) is 1.38. The second-order valence-electron chi connectivity index (χ2n) is 4.73. The molecule has 0 aliphatic rings. The summed E-state index contributed by atoms with van der Waals surface area (Å²) in [5.74, 6) is -0.501. The van der Waals surface area contributed by atoms with E-state index >= 15 is 0 Å². The molecule has 0 spiro atoms. The number of rotatable bonds is 8. The molecule has 1 amide bonds. The van der Waals surface area contributed by atoms with E-state index in [1.54, 1.807) is 12.2 Å². The molecule has 0 saturated heterocycles. The second-order valence-corrected chi connectivity index (χ2v) is 4.73. The van der Waals surface area contributed by atoms with E-state index in [1.165, 1.54) is 12.2 Å². The summed E-state index contributed by atoms with van der Waals surface area (Å²) >= 11 is 0. The maximum Gasteiger partial charge on any atom is 0.241 e. The highest BCUT2D eigenvalue weighted by atomic mass is 16.3. The van der Waals surface area contributed by atoms with Gasteiger partial charge in [0.2, 0.25) is 5.91 Å². The summed E-state index contributed by atoms with van der Waals surface area (Å²) in [5, 5.41) is 19.9. The second kappa shape index (κ2) is 8.89. The smallest absolute Gasteiger partial charge is 0.241 e. The minimum atomic E-state index is -0.591. The first-order valence-corrected chi connectivity index (χ1v) is 6.38. The van der Waals surface area contributed by atoms with Crippen molar-refractivity contribution in [2.24, 2.45) is 17.6 Å². The van der Waals surface area contributed by atoms with Crippen molar-refractivity contribution >= 4 is 5.91 Å². The highest BCUT2D eigenvalue weighted by molar-refractivity contribution is 5.85. The molecule has 4 N–H and O–H groups in total. The molecule has 4 atom stereocenters. The van der Waals surface area contributed by atoms with Gasteiger partial charge in [-0.15, -0.1) is 0 Å². The molecule has 0 aromatic rings. The normalized spacial score (nSPS) is 18.9. The first-order valence-electron chi connectivity index (χ1n) is 6.38. The SMILES string of the molecule is CC[C@H](C)[C@@H](O)[C@@H](C)[C@@H](O)C/C=C/C=C\C(N)=O. The monoisotopic (exact) mass is 255 g/mol. The van der Waals surface area contributed by atoms with Crippen molar-refractivity contribution in [1.82, 2.24) is 0 Å². The van der Waals surface area contributed by atoms with E-state index in [0.717, 1.165) is 6.42 Å². The van der Waals surface area contributed by atoms with Crippen LogP contribution in [0.25, 0.3) is 0 Å². The van der Waals surface area contributed by atoms with Crippen LogP contribution in [0, 0.1) is 11.8 Å². The highest BCUT2D eigenvalue weighted by Gasteiger charge is 2.25. The average Bonchev–Trinajstić information content (AvgIpc) is 2.34. The summed E-state index contributed by atoms with van der Waals surface area (Å²) in [7, 11) is 0. The van der Waals surface area contributed by atoms with Crippen molar-refractivity contribution in [2.75, 3.05) is 0 Å². The Morgan fingerprint density at radius 3 is 2.39 bits per heavy atom. The molecule has 0 heterocycles. The molecule has 0 aromatic carbocycles. The molecule has 0 bridgehead atoms. The first kappa shape index (κ1) is 16.9. The number of aliphatic hydroxyl groups is 2. The Hall–Kier alpha value is -1.13. The lowest BCUT2D eigenvalue weighted by atomic mass is 9.87. The van der Waals surface area contributed by atoms with Crippen molar-refractivity contribution in [3.8, 4) is 0 Å². The highest BCUT2D eigenvalue weighted by Crippen LogP contribution is 2.20. The Morgan fingerprint density at radius 1 is 1.28 bits per heavy atom. The number of hydrogen-bond acceptors (Lipinski definition) is 3. The van der Waals surface area contributed by atoms with Gasteiger partial charge in [0.15, 0.2) is 0 Å². The van der Waals surface area contributed by atoms with Gasteiger partial charge in [-0.2, -0.15) is 0 Å². The molecule has 0 aliphatic heterocycles. The molecule has 0 radical (unpaired) electrons. The zero-order valence-electron chi connectivity index (χ0n) is 11.4. The van der Waals surface area contributed by atoms with E-state index < -0.39 is 18.1 Å². The lowest BCUT2D eigenvalue weighted by Crippen LogP contribution is -2.33. The van der Waals surface area contributed by atoms with Gasteiger partial charge in [-0.25, -0.2) is 0 Å². The average molecular weight is 255 g/mol. The maximum atomic E-state index is 10.4. The van der Waals surface area contributed by atoms with Gasteiger partial charge >= 0.3 is 0 Å². The standard InChI is InChI=1S/C14H25NO3/c1-4-10(2)14(18)11(3)12(16)8-6-5-7-9-13(15)17/h5-7,9-12,14,16,18H,4,8H2,1-3H3,(H2,15,17)/b6-5+,9-7-/t10-,11-,12-,14+/m0/s1. The molecule has 4 heteroatoms. The summed E-state index contributed by atoms with van der Waals surface area (Å²) in [6.07, 6.45) is 6.44. The van der Waals surface area contributed by atoms with Gasteiger partial charge < -0.3 is 15.9 Å². The zero-order valence-corrected chi connectivity index (χ0v) is 11.4. The first-order chi connectivity index (χ1) is 8.40. The Labute approximate surface area is 109 Å². The summed E-state index contributed by atoms with van der Waals surface area (Å²) in [6, 6.07) is 0. The van der Waals surface area contributed by atoms with E-state index in [4.69, 9.17) is 5.73 Å². The number of amides is 1. The fraction of sp³-hybridized carbons (Fsp3) is 0.643. The van der Waals surface area contributed by atoms with Crippen molar-refractivity contribution in [2.45, 2.75) is 45.8 Å². The molecular formula is C14H25NO3. The van der Waals surface area contributed by atoms with Crippen LogP contribution in [-0.2, 0) is 4.79 Å². The summed E-state index contributed by atoms with van der Waals surface area (Å²) < 4.78 is 0. The number of carbonyl (C=O) groups is 1. The molecule has 0 aromatic heterocycles. The van der Waals surface area contributed by atoms with E-state index in [1.807, 2.05) is 20.8 Å². The van der Waals surface area contributed by atoms with Crippen LogP contribution in [0.3, 0.4) is 0 Å². The maximum absolute atomic E-state index is 10.4. The minimum absolute atomic E-state index is 0.174. The van der Waals surface area contributed by atoms with Gasteiger partial charge in [0.25, 0.3) is 0 Å². The Balaban J connectivity index is 4.16. The van der Waals surface area contributed by atoms with Crippen molar-refractivity contribution in [3.63, 3.8) is 0 Å². The summed E-state index contributed by atoms with van der Waals surface area (Å²) in [6.45, 7) is 5.83. The van der Waals surface area contributed by atoms with Gasteiger partial charge in [-0.1, -0.05) is 45.4 Å². The molecule has 4 nitrogen and oxygen atoms in total. The van der Waals surface area contributed by atoms with Gasteiger partial charge in [0, 0.05) is 12.0 Å². The molecule has 0 saturated carbocycles. The van der Waals surface area contributed by atoms with E-state index in [9.17, 15) is 15.0 Å². The van der Waals surface area contributed by atoms with Gasteiger partial charge in [-0.05, 0) is 12.3 Å². The Morgan fingerprint density at radius 2 is 1.89 bits per heavy atom. The summed E-state index contributed by atoms with van der Waals surface area (Å²) in [4.78, 5) is 10.4. The molecule has 18 heavy (non-hydrogen) atoms. The fourth-order valence-corrected chi connectivity index (χ4v) is 1.65. The van der Waals surface area contributed by atoms with Crippen molar-refractivity contribution in [3.05, 3.63) is 24.3 Å². The Bertz CT molecular complexity index is 299. The largest absolute Gasteiger partial charge is 0.392 e. The van der Waals surface area contributed by atoms with Gasteiger partial charge in [-0.3, -0.25) is 4.79 Å².